The van der Waals surface area contributed by atoms with Gasteiger partial charge in [-0.3, -0.25) is 4.79 Å². The summed E-state index contributed by atoms with van der Waals surface area (Å²) in [5, 5.41) is 2.60. The van der Waals surface area contributed by atoms with Gasteiger partial charge in [0, 0.05) is 25.9 Å². The van der Waals surface area contributed by atoms with Gasteiger partial charge >= 0.3 is 0 Å². The highest BCUT2D eigenvalue weighted by Crippen LogP contribution is 2.33. The van der Waals surface area contributed by atoms with Gasteiger partial charge in [-0.15, -0.1) is 0 Å². The molecule has 0 spiro atoms. The topological polar surface area (TPSA) is 32.3 Å². The number of hydrogen-bond acceptors (Lipinski definition) is 2. The third-order valence-corrected chi connectivity index (χ3v) is 5.22. The molecular formula is C27H29FN2O. The van der Waals surface area contributed by atoms with Gasteiger partial charge in [0.2, 0.25) is 5.91 Å². The average molecular weight is 417 g/mol. The molecule has 0 saturated heterocycles. The summed E-state index contributed by atoms with van der Waals surface area (Å²) in [6, 6.07) is 17.6. The molecule has 0 aliphatic rings. The van der Waals surface area contributed by atoms with Crippen LogP contribution in [0.4, 0.5) is 15.8 Å². The number of carbonyl (C=O) groups excluding carboxylic acids is 1. The molecule has 3 aromatic rings. The number of benzene rings is 3. The lowest BCUT2D eigenvalue weighted by Gasteiger charge is -2.16. The van der Waals surface area contributed by atoms with Crippen molar-refractivity contribution in [2.45, 2.75) is 27.7 Å². The molecule has 0 bridgehead atoms. The van der Waals surface area contributed by atoms with Gasteiger partial charge in [-0.2, -0.15) is 0 Å². The molecule has 1 N–H and O–H groups in total. The van der Waals surface area contributed by atoms with E-state index in [0.29, 0.717) is 0 Å². The maximum absolute atomic E-state index is 14.7. The van der Waals surface area contributed by atoms with Crippen LogP contribution in [0.3, 0.4) is 0 Å². The molecule has 1 amide bonds. The van der Waals surface area contributed by atoms with Crippen molar-refractivity contribution < 1.29 is 9.18 Å². The number of halogens is 1. The standard InChI is InChI=1S/C27H29FN2O/c1-17(2)13-27(31)29-26-12-9-21(16-25(26)28)24-15-18(3)23(14-19(24)4)20-7-10-22(11-8-20)30(5)6/h7-16H,1-6H3,(H,29,31). The molecule has 0 atom stereocenters. The Labute approximate surface area is 184 Å². The Balaban J connectivity index is 1.92. The van der Waals surface area contributed by atoms with E-state index in [1.54, 1.807) is 6.07 Å². The Hall–Kier alpha value is -3.40. The van der Waals surface area contributed by atoms with Crippen LogP contribution in [0.2, 0.25) is 0 Å². The molecule has 0 heterocycles. The van der Waals surface area contributed by atoms with Crippen LogP contribution in [0.5, 0.6) is 0 Å². The van der Waals surface area contributed by atoms with Gasteiger partial charge in [0.1, 0.15) is 5.82 Å². The molecule has 160 valence electrons. The van der Waals surface area contributed by atoms with Crippen LogP contribution < -0.4 is 10.2 Å². The van der Waals surface area contributed by atoms with Crippen molar-refractivity contribution in [2.24, 2.45) is 0 Å². The molecule has 31 heavy (non-hydrogen) atoms. The van der Waals surface area contributed by atoms with Crippen molar-refractivity contribution in [2.75, 3.05) is 24.3 Å². The summed E-state index contributed by atoms with van der Waals surface area (Å²) in [4.78, 5) is 14.0. The second-order valence-corrected chi connectivity index (χ2v) is 8.33. The summed E-state index contributed by atoms with van der Waals surface area (Å²) in [5.41, 5.74) is 8.47. The molecule has 3 rings (SSSR count). The Morgan fingerprint density at radius 3 is 1.94 bits per heavy atom. The minimum atomic E-state index is -0.451. The number of nitrogens with one attached hydrogen (secondary N) is 1. The summed E-state index contributed by atoms with van der Waals surface area (Å²) in [6.07, 6.45) is 1.45. The van der Waals surface area contributed by atoms with E-state index in [1.807, 2.05) is 40.9 Å². The Morgan fingerprint density at radius 2 is 1.42 bits per heavy atom. The van der Waals surface area contributed by atoms with Gasteiger partial charge in [0.15, 0.2) is 0 Å². The fourth-order valence-electron chi connectivity index (χ4n) is 3.59. The molecule has 0 aliphatic carbocycles. The molecule has 0 unspecified atom stereocenters. The number of anilines is 2. The lowest BCUT2D eigenvalue weighted by Crippen LogP contribution is -2.09. The second kappa shape index (κ2) is 9.17. The summed E-state index contributed by atoms with van der Waals surface area (Å²) in [6.45, 7) is 7.76. The highest BCUT2D eigenvalue weighted by Gasteiger charge is 2.12. The van der Waals surface area contributed by atoms with Crippen LogP contribution in [-0.4, -0.2) is 20.0 Å². The third-order valence-electron chi connectivity index (χ3n) is 5.22. The van der Waals surface area contributed by atoms with Crippen LogP contribution in [0.1, 0.15) is 25.0 Å². The van der Waals surface area contributed by atoms with Crippen molar-refractivity contribution in [1.82, 2.24) is 0 Å². The van der Waals surface area contributed by atoms with E-state index in [9.17, 15) is 9.18 Å². The third kappa shape index (κ3) is 5.21. The number of rotatable bonds is 5. The van der Waals surface area contributed by atoms with Crippen molar-refractivity contribution in [3.05, 3.63) is 83.2 Å². The average Bonchev–Trinajstić information content (AvgIpc) is 2.70. The molecule has 0 fully saturated rings. The first kappa shape index (κ1) is 22.3. The second-order valence-electron chi connectivity index (χ2n) is 8.33. The molecule has 0 aliphatic heterocycles. The first-order valence-corrected chi connectivity index (χ1v) is 10.3. The predicted octanol–water partition coefficient (Wildman–Crippen LogP) is 6.75. The Kier molecular flexibility index (Phi) is 6.59. The molecule has 3 aromatic carbocycles. The summed E-state index contributed by atoms with van der Waals surface area (Å²) < 4.78 is 14.7. The van der Waals surface area contributed by atoms with Crippen LogP contribution in [-0.2, 0) is 4.79 Å². The zero-order valence-corrected chi connectivity index (χ0v) is 19.0. The first-order valence-electron chi connectivity index (χ1n) is 10.3. The van der Waals surface area contributed by atoms with E-state index >= 15 is 0 Å². The molecule has 0 aromatic heterocycles. The van der Waals surface area contributed by atoms with Gasteiger partial charge in [-0.25, -0.2) is 4.39 Å². The van der Waals surface area contributed by atoms with Crippen molar-refractivity contribution >= 4 is 17.3 Å². The van der Waals surface area contributed by atoms with Crippen LogP contribution in [0.25, 0.3) is 22.3 Å². The van der Waals surface area contributed by atoms with E-state index in [-0.39, 0.29) is 11.6 Å². The molecule has 0 radical (unpaired) electrons. The SMILES string of the molecule is CC(C)=CC(=O)Nc1ccc(-c2cc(C)c(-c3ccc(N(C)C)cc3)cc2C)cc1F. The van der Waals surface area contributed by atoms with Gasteiger partial charge in [-0.05, 0) is 85.3 Å². The maximum Gasteiger partial charge on any atom is 0.248 e. The molecule has 0 saturated carbocycles. The maximum atomic E-state index is 14.7. The normalized spacial score (nSPS) is 10.5. The fourth-order valence-corrected chi connectivity index (χ4v) is 3.59. The largest absolute Gasteiger partial charge is 0.378 e. The highest BCUT2D eigenvalue weighted by atomic mass is 19.1. The first-order chi connectivity index (χ1) is 14.7. The monoisotopic (exact) mass is 416 g/mol. The van der Waals surface area contributed by atoms with Crippen molar-refractivity contribution in [3.8, 4) is 22.3 Å². The van der Waals surface area contributed by atoms with Crippen molar-refractivity contribution in [1.29, 1.82) is 0 Å². The van der Waals surface area contributed by atoms with E-state index in [0.717, 1.165) is 44.6 Å². The summed E-state index contributed by atoms with van der Waals surface area (Å²) in [5.74, 6) is -0.781. The zero-order chi connectivity index (χ0) is 22.7. The Bertz CT molecular complexity index is 1140. The number of allylic oxidation sites excluding steroid dienone is 1. The van der Waals surface area contributed by atoms with E-state index in [1.165, 1.54) is 12.1 Å². The number of amides is 1. The van der Waals surface area contributed by atoms with Gasteiger partial charge in [0.25, 0.3) is 0 Å². The lowest BCUT2D eigenvalue weighted by molar-refractivity contribution is -0.112. The number of hydrogen-bond donors (Lipinski definition) is 1. The summed E-state index contributed by atoms with van der Waals surface area (Å²) >= 11 is 0. The van der Waals surface area contributed by atoms with Gasteiger partial charge in [0.05, 0.1) is 5.69 Å². The van der Waals surface area contributed by atoms with Gasteiger partial charge in [-0.1, -0.05) is 35.9 Å². The van der Waals surface area contributed by atoms with Crippen molar-refractivity contribution in [3.63, 3.8) is 0 Å². The van der Waals surface area contributed by atoms with Crippen LogP contribution in [0.15, 0.2) is 66.2 Å². The molecule has 4 heteroatoms. The molecular weight excluding hydrogens is 387 g/mol. The fraction of sp³-hybridized carbons (Fsp3) is 0.222. The minimum Gasteiger partial charge on any atom is -0.378 e. The number of carbonyl (C=O) groups is 1. The van der Waals surface area contributed by atoms with E-state index < -0.39 is 5.82 Å². The smallest absolute Gasteiger partial charge is 0.248 e. The predicted molar refractivity (Wildman–Crippen MR) is 129 cm³/mol. The highest BCUT2D eigenvalue weighted by molar-refractivity contribution is 5.99. The lowest BCUT2D eigenvalue weighted by atomic mass is 9.91. The van der Waals surface area contributed by atoms with Crippen LogP contribution in [0, 0.1) is 19.7 Å². The van der Waals surface area contributed by atoms with E-state index in [2.05, 4.69) is 53.5 Å². The zero-order valence-electron chi connectivity index (χ0n) is 19.0. The summed E-state index contributed by atoms with van der Waals surface area (Å²) in [7, 11) is 4.05. The quantitative estimate of drug-likeness (QED) is 0.467. The molecule has 3 nitrogen and oxygen atoms in total. The van der Waals surface area contributed by atoms with Gasteiger partial charge < -0.3 is 10.2 Å². The number of nitrogens with zero attached hydrogens (tertiary/aromatic N) is 1. The minimum absolute atomic E-state index is 0.179. The van der Waals surface area contributed by atoms with Crippen LogP contribution >= 0.6 is 0 Å². The Morgan fingerprint density at radius 1 is 0.871 bits per heavy atom. The van der Waals surface area contributed by atoms with E-state index in [4.69, 9.17) is 0 Å². The number of aryl methyl sites for hydroxylation is 2.